The summed E-state index contributed by atoms with van der Waals surface area (Å²) in [5.41, 5.74) is 6.04. The average Bonchev–Trinajstić information content (AvgIpc) is 2.96. The van der Waals surface area contributed by atoms with Gasteiger partial charge in [0.15, 0.2) is 0 Å². The number of phenols is 1. The minimum absolute atomic E-state index is 0.367. The standard InChI is InChI=1S/C37H28O/c1-24-25(22-35-30-14-6-2-10-26(30)20-27-11-3-7-15-31(27)35)18-19-37(38)34(24)23-36-32-16-8-4-12-28(32)21-29-13-5-9-17-33(29)36/h2-21,38H,22-23H2,1H3. The van der Waals surface area contributed by atoms with E-state index < -0.39 is 0 Å². The van der Waals surface area contributed by atoms with Crippen molar-refractivity contribution in [2.75, 3.05) is 0 Å². The summed E-state index contributed by atoms with van der Waals surface area (Å²) in [4.78, 5) is 0. The molecule has 0 aromatic heterocycles. The van der Waals surface area contributed by atoms with E-state index in [0.29, 0.717) is 12.2 Å². The second kappa shape index (κ2) is 9.04. The summed E-state index contributed by atoms with van der Waals surface area (Å²) in [6, 6.07) is 43.1. The third-order valence-electron chi connectivity index (χ3n) is 8.17. The van der Waals surface area contributed by atoms with Gasteiger partial charge in [0.05, 0.1) is 0 Å². The molecule has 0 spiro atoms. The number of hydrogen-bond acceptors (Lipinski definition) is 1. The fraction of sp³-hybridized carbons (Fsp3) is 0.0811. The lowest BCUT2D eigenvalue weighted by Gasteiger charge is -2.18. The van der Waals surface area contributed by atoms with Gasteiger partial charge in [0.2, 0.25) is 0 Å². The summed E-state index contributed by atoms with van der Waals surface area (Å²) in [6.07, 6.45) is 1.50. The first-order valence-corrected chi connectivity index (χ1v) is 13.3. The van der Waals surface area contributed by atoms with E-state index in [-0.39, 0.29) is 0 Å². The summed E-state index contributed by atoms with van der Waals surface area (Å²) >= 11 is 0. The highest BCUT2D eigenvalue weighted by Crippen LogP contribution is 2.36. The molecule has 0 radical (unpaired) electrons. The molecular weight excluding hydrogens is 460 g/mol. The zero-order valence-corrected chi connectivity index (χ0v) is 21.4. The Balaban J connectivity index is 1.40. The van der Waals surface area contributed by atoms with Gasteiger partial charge in [-0.2, -0.15) is 0 Å². The monoisotopic (exact) mass is 488 g/mol. The molecule has 182 valence electrons. The van der Waals surface area contributed by atoms with E-state index in [1.807, 2.05) is 6.07 Å². The van der Waals surface area contributed by atoms with Crippen molar-refractivity contribution in [3.63, 3.8) is 0 Å². The minimum atomic E-state index is 0.367. The van der Waals surface area contributed by atoms with E-state index >= 15 is 0 Å². The van der Waals surface area contributed by atoms with E-state index in [0.717, 1.165) is 12.0 Å². The molecule has 0 aliphatic rings. The van der Waals surface area contributed by atoms with Crippen LogP contribution in [-0.2, 0) is 12.8 Å². The zero-order chi connectivity index (χ0) is 25.6. The molecule has 0 atom stereocenters. The Bertz CT molecular complexity index is 1890. The molecule has 1 nitrogen and oxygen atoms in total. The lowest BCUT2D eigenvalue weighted by atomic mass is 9.87. The molecule has 0 amide bonds. The number of aromatic hydroxyl groups is 1. The Kier molecular flexibility index (Phi) is 5.37. The number of hydrogen-bond donors (Lipinski definition) is 1. The fourth-order valence-corrected chi connectivity index (χ4v) is 6.17. The van der Waals surface area contributed by atoms with Gasteiger partial charge in [-0.05, 0) is 96.9 Å². The van der Waals surface area contributed by atoms with Gasteiger partial charge in [-0.3, -0.25) is 0 Å². The van der Waals surface area contributed by atoms with Crippen LogP contribution in [0.1, 0.15) is 27.8 Å². The molecule has 0 fully saturated rings. The predicted molar refractivity (Wildman–Crippen MR) is 161 cm³/mol. The van der Waals surface area contributed by atoms with Crippen molar-refractivity contribution >= 4 is 43.1 Å². The Morgan fingerprint density at radius 2 is 0.842 bits per heavy atom. The van der Waals surface area contributed by atoms with Crippen molar-refractivity contribution in [2.24, 2.45) is 0 Å². The molecular formula is C37H28O. The van der Waals surface area contributed by atoms with Crippen LogP contribution >= 0.6 is 0 Å². The second-order valence-electron chi connectivity index (χ2n) is 10.3. The van der Waals surface area contributed by atoms with Gasteiger partial charge in [0, 0.05) is 12.0 Å². The van der Waals surface area contributed by atoms with Crippen molar-refractivity contribution in [3.05, 3.63) is 149 Å². The van der Waals surface area contributed by atoms with Crippen LogP contribution in [0.25, 0.3) is 43.1 Å². The molecule has 0 saturated carbocycles. The number of rotatable bonds is 4. The van der Waals surface area contributed by atoms with E-state index in [9.17, 15) is 5.11 Å². The summed E-state index contributed by atoms with van der Waals surface area (Å²) in [5, 5.41) is 21.2. The van der Waals surface area contributed by atoms with Crippen LogP contribution in [0.3, 0.4) is 0 Å². The largest absolute Gasteiger partial charge is 0.508 e. The minimum Gasteiger partial charge on any atom is -0.508 e. The van der Waals surface area contributed by atoms with E-state index in [1.54, 1.807) is 0 Å². The normalized spacial score (nSPS) is 11.6. The Morgan fingerprint density at radius 3 is 1.29 bits per heavy atom. The zero-order valence-electron chi connectivity index (χ0n) is 21.4. The first-order chi connectivity index (χ1) is 18.7. The van der Waals surface area contributed by atoms with Gasteiger partial charge < -0.3 is 5.11 Å². The van der Waals surface area contributed by atoms with Crippen molar-refractivity contribution in [3.8, 4) is 5.75 Å². The molecule has 7 rings (SSSR count). The van der Waals surface area contributed by atoms with Gasteiger partial charge in [-0.1, -0.05) is 103 Å². The van der Waals surface area contributed by atoms with Crippen LogP contribution in [0.4, 0.5) is 0 Å². The third-order valence-corrected chi connectivity index (χ3v) is 8.17. The highest BCUT2D eigenvalue weighted by molar-refractivity contribution is 6.03. The Morgan fingerprint density at radius 1 is 0.447 bits per heavy atom. The van der Waals surface area contributed by atoms with Crippen LogP contribution in [-0.4, -0.2) is 5.11 Å². The molecule has 1 N–H and O–H groups in total. The fourth-order valence-electron chi connectivity index (χ4n) is 6.17. The molecule has 7 aromatic rings. The van der Waals surface area contributed by atoms with Crippen LogP contribution in [0.2, 0.25) is 0 Å². The van der Waals surface area contributed by atoms with Crippen LogP contribution in [0.5, 0.6) is 5.75 Å². The molecule has 0 aliphatic carbocycles. The van der Waals surface area contributed by atoms with Gasteiger partial charge in [-0.15, -0.1) is 0 Å². The number of phenolic OH excluding ortho intramolecular Hbond substituents is 1. The van der Waals surface area contributed by atoms with Gasteiger partial charge >= 0.3 is 0 Å². The SMILES string of the molecule is Cc1c(Cc2c3ccccc3cc3ccccc23)ccc(O)c1Cc1c2ccccc2cc2ccccc12. The first-order valence-electron chi connectivity index (χ1n) is 13.3. The molecule has 0 bridgehead atoms. The van der Waals surface area contributed by atoms with Gasteiger partial charge in [-0.25, -0.2) is 0 Å². The van der Waals surface area contributed by atoms with Crippen LogP contribution in [0.15, 0.2) is 121 Å². The van der Waals surface area contributed by atoms with Crippen molar-refractivity contribution in [1.29, 1.82) is 0 Å². The molecule has 0 unspecified atom stereocenters. The summed E-state index contributed by atoms with van der Waals surface area (Å²) in [5.74, 6) is 0.367. The topological polar surface area (TPSA) is 20.2 Å². The third kappa shape index (κ3) is 3.71. The summed E-state index contributed by atoms with van der Waals surface area (Å²) in [7, 11) is 0. The van der Waals surface area contributed by atoms with E-state index in [1.165, 1.54) is 65.3 Å². The quantitative estimate of drug-likeness (QED) is 0.245. The Hall–Kier alpha value is -4.62. The smallest absolute Gasteiger partial charge is 0.119 e. The van der Waals surface area contributed by atoms with Crippen molar-refractivity contribution in [2.45, 2.75) is 19.8 Å². The summed E-state index contributed by atoms with van der Waals surface area (Å²) < 4.78 is 0. The highest BCUT2D eigenvalue weighted by Gasteiger charge is 2.16. The van der Waals surface area contributed by atoms with Crippen molar-refractivity contribution in [1.82, 2.24) is 0 Å². The predicted octanol–water partition coefficient (Wildman–Crippen LogP) is 9.50. The van der Waals surface area contributed by atoms with E-state index in [4.69, 9.17) is 0 Å². The van der Waals surface area contributed by atoms with Gasteiger partial charge in [0.25, 0.3) is 0 Å². The molecule has 1 heteroatoms. The Labute approximate surface area is 222 Å². The first kappa shape index (κ1) is 22.6. The molecule has 0 saturated heterocycles. The maximum atomic E-state index is 11.1. The molecule has 7 aromatic carbocycles. The lowest BCUT2D eigenvalue weighted by molar-refractivity contribution is 0.468. The lowest BCUT2D eigenvalue weighted by Crippen LogP contribution is -2.01. The number of fused-ring (bicyclic) bond motifs is 4. The van der Waals surface area contributed by atoms with Crippen LogP contribution in [0, 0.1) is 6.92 Å². The molecule has 38 heavy (non-hydrogen) atoms. The average molecular weight is 489 g/mol. The number of benzene rings is 7. The van der Waals surface area contributed by atoms with Crippen molar-refractivity contribution < 1.29 is 5.11 Å². The van der Waals surface area contributed by atoms with Crippen LogP contribution < -0.4 is 0 Å². The second-order valence-corrected chi connectivity index (χ2v) is 10.3. The molecule has 0 heterocycles. The van der Waals surface area contributed by atoms with Gasteiger partial charge in [0.1, 0.15) is 5.75 Å². The maximum Gasteiger partial charge on any atom is 0.119 e. The van der Waals surface area contributed by atoms with E-state index in [2.05, 4.69) is 122 Å². The summed E-state index contributed by atoms with van der Waals surface area (Å²) in [6.45, 7) is 2.17. The highest BCUT2D eigenvalue weighted by atomic mass is 16.3. The maximum absolute atomic E-state index is 11.1. The molecule has 0 aliphatic heterocycles.